The van der Waals surface area contributed by atoms with Crippen LogP contribution in [-0.4, -0.2) is 27.3 Å². The molecule has 2 aromatic heterocycles. The average molecular weight is 540 g/mol. The van der Waals surface area contributed by atoms with E-state index in [0.29, 0.717) is 36.6 Å². The zero-order valence-corrected chi connectivity index (χ0v) is 22.7. The van der Waals surface area contributed by atoms with E-state index in [1.165, 1.54) is 0 Å². The minimum Gasteiger partial charge on any atom is -0.486 e. The number of fused-ring (bicyclic) bond motifs is 2. The molecule has 0 unspecified atom stereocenters. The Morgan fingerprint density at radius 3 is 1.85 bits per heavy atom. The first-order valence-electron chi connectivity index (χ1n) is 13.8. The third-order valence-corrected chi connectivity index (χ3v) is 8.00. The van der Waals surface area contributed by atoms with E-state index in [1.54, 1.807) is 10.6 Å². The highest BCUT2D eigenvalue weighted by molar-refractivity contribution is 5.85. The SMILES string of the molecule is Cc1c(Cn2ccc3cc4c(cc3c2=O)OCCO4)ncn1C(c1ccccc1)(c1ccccc1)c1ccccc1. The number of hydrogen-bond donors (Lipinski definition) is 0. The zero-order valence-electron chi connectivity index (χ0n) is 22.7. The molecule has 0 amide bonds. The molecule has 0 fully saturated rings. The maximum Gasteiger partial charge on any atom is 0.258 e. The molecule has 0 spiro atoms. The first-order valence-corrected chi connectivity index (χ1v) is 13.8. The van der Waals surface area contributed by atoms with E-state index in [0.717, 1.165) is 33.5 Å². The molecule has 1 aliphatic rings. The first kappa shape index (κ1) is 24.9. The fourth-order valence-corrected chi connectivity index (χ4v) is 6.00. The Labute approximate surface area is 238 Å². The lowest BCUT2D eigenvalue weighted by atomic mass is 9.76. The molecule has 4 aromatic carbocycles. The van der Waals surface area contributed by atoms with Crippen LogP contribution in [0, 0.1) is 6.92 Å². The molecule has 6 heteroatoms. The lowest BCUT2D eigenvalue weighted by Gasteiger charge is -2.38. The lowest BCUT2D eigenvalue weighted by molar-refractivity contribution is 0.172. The van der Waals surface area contributed by atoms with Gasteiger partial charge in [-0.3, -0.25) is 4.79 Å². The van der Waals surface area contributed by atoms with Gasteiger partial charge in [0.2, 0.25) is 0 Å². The molecule has 41 heavy (non-hydrogen) atoms. The van der Waals surface area contributed by atoms with Crippen LogP contribution in [0.25, 0.3) is 10.8 Å². The summed E-state index contributed by atoms with van der Waals surface area (Å²) < 4.78 is 15.4. The quantitative estimate of drug-likeness (QED) is 0.238. The Morgan fingerprint density at radius 2 is 1.29 bits per heavy atom. The van der Waals surface area contributed by atoms with Gasteiger partial charge in [-0.05, 0) is 47.2 Å². The molecule has 0 aliphatic carbocycles. The molecule has 0 bridgehead atoms. The smallest absolute Gasteiger partial charge is 0.258 e. The van der Waals surface area contributed by atoms with Crippen molar-refractivity contribution in [3.05, 3.63) is 160 Å². The number of aromatic nitrogens is 3. The van der Waals surface area contributed by atoms with Crippen molar-refractivity contribution in [2.45, 2.75) is 19.0 Å². The molecule has 3 heterocycles. The molecular weight excluding hydrogens is 510 g/mol. The van der Waals surface area contributed by atoms with Crippen LogP contribution in [0.15, 0.2) is 127 Å². The van der Waals surface area contributed by atoms with E-state index in [4.69, 9.17) is 14.5 Å². The number of imidazole rings is 1. The van der Waals surface area contributed by atoms with Crippen molar-refractivity contribution in [2.75, 3.05) is 13.2 Å². The van der Waals surface area contributed by atoms with Crippen molar-refractivity contribution < 1.29 is 9.47 Å². The maximum atomic E-state index is 13.6. The minimum absolute atomic E-state index is 0.0890. The molecule has 1 aliphatic heterocycles. The Bertz CT molecular complexity index is 1800. The molecule has 0 N–H and O–H groups in total. The molecule has 6 nitrogen and oxygen atoms in total. The average Bonchev–Trinajstić information content (AvgIpc) is 3.39. The summed E-state index contributed by atoms with van der Waals surface area (Å²) in [6, 6.07) is 37.2. The van der Waals surface area contributed by atoms with Crippen LogP contribution in [0.4, 0.5) is 0 Å². The molecule has 202 valence electrons. The van der Waals surface area contributed by atoms with Crippen LogP contribution in [0.3, 0.4) is 0 Å². The second-order valence-electron chi connectivity index (χ2n) is 10.3. The summed E-state index contributed by atoms with van der Waals surface area (Å²) in [5.74, 6) is 1.28. The highest BCUT2D eigenvalue weighted by atomic mass is 16.6. The summed E-state index contributed by atoms with van der Waals surface area (Å²) in [4.78, 5) is 18.5. The van der Waals surface area contributed by atoms with Crippen molar-refractivity contribution in [1.29, 1.82) is 0 Å². The Kier molecular flexibility index (Phi) is 6.16. The number of benzene rings is 4. The zero-order chi connectivity index (χ0) is 27.8. The molecule has 0 saturated carbocycles. The van der Waals surface area contributed by atoms with Crippen molar-refractivity contribution >= 4 is 10.8 Å². The Balaban J connectivity index is 1.38. The van der Waals surface area contributed by atoms with Gasteiger partial charge in [0.05, 0.1) is 24.0 Å². The van der Waals surface area contributed by atoms with Crippen LogP contribution in [-0.2, 0) is 12.1 Å². The number of pyridine rings is 1. The molecule has 6 aromatic rings. The standard InChI is InChI=1S/C35H29N3O3/c1-25-31(23-37-18-17-26-21-32-33(41-20-19-40-32)22-30(26)34(37)39)36-24-38(25)35(27-11-5-2-6-12-27,28-13-7-3-8-14-28)29-15-9-4-10-16-29/h2-18,21-22,24H,19-20,23H2,1H3. The normalized spacial score (nSPS) is 12.9. The Morgan fingerprint density at radius 1 is 0.756 bits per heavy atom. The highest BCUT2D eigenvalue weighted by Gasteiger charge is 2.39. The van der Waals surface area contributed by atoms with Gasteiger partial charge in [-0.1, -0.05) is 91.0 Å². The van der Waals surface area contributed by atoms with Gasteiger partial charge in [-0.2, -0.15) is 0 Å². The van der Waals surface area contributed by atoms with E-state index >= 15 is 0 Å². The maximum absolute atomic E-state index is 13.6. The van der Waals surface area contributed by atoms with E-state index in [-0.39, 0.29) is 5.56 Å². The van der Waals surface area contributed by atoms with Gasteiger partial charge in [-0.15, -0.1) is 0 Å². The molecule has 7 rings (SSSR count). The fourth-order valence-electron chi connectivity index (χ4n) is 6.00. The monoisotopic (exact) mass is 539 g/mol. The summed E-state index contributed by atoms with van der Waals surface area (Å²) in [5.41, 5.74) is 4.43. The van der Waals surface area contributed by atoms with E-state index in [1.807, 2.05) is 42.9 Å². The van der Waals surface area contributed by atoms with Crippen molar-refractivity contribution in [3.8, 4) is 11.5 Å². The van der Waals surface area contributed by atoms with Crippen LogP contribution in [0.1, 0.15) is 28.1 Å². The molecule has 0 saturated heterocycles. The third kappa shape index (κ3) is 4.11. The number of hydrogen-bond acceptors (Lipinski definition) is 4. The van der Waals surface area contributed by atoms with Gasteiger partial charge in [0.15, 0.2) is 11.5 Å². The molecular formula is C35H29N3O3. The van der Waals surface area contributed by atoms with Crippen LogP contribution in [0.5, 0.6) is 11.5 Å². The second kappa shape index (κ2) is 10.1. The van der Waals surface area contributed by atoms with Crippen molar-refractivity contribution in [1.82, 2.24) is 14.1 Å². The highest BCUT2D eigenvalue weighted by Crippen LogP contribution is 2.42. The van der Waals surface area contributed by atoms with E-state index in [2.05, 4.69) is 84.3 Å². The molecule has 0 radical (unpaired) electrons. The Hall–Kier alpha value is -5.10. The van der Waals surface area contributed by atoms with E-state index < -0.39 is 5.54 Å². The lowest BCUT2D eigenvalue weighted by Crippen LogP contribution is -2.38. The summed E-state index contributed by atoms with van der Waals surface area (Å²) in [5, 5.41) is 1.43. The van der Waals surface area contributed by atoms with Gasteiger partial charge in [0.1, 0.15) is 18.8 Å². The summed E-state index contributed by atoms with van der Waals surface area (Å²) in [6.45, 7) is 3.41. The van der Waals surface area contributed by atoms with Gasteiger partial charge < -0.3 is 18.6 Å². The number of ether oxygens (including phenoxy) is 2. The number of nitrogens with zero attached hydrogens (tertiary/aromatic N) is 3. The summed E-state index contributed by atoms with van der Waals surface area (Å²) in [7, 11) is 0. The van der Waals surface area contributed by atoms with Gasteiger partial charge in [-0.25, -0.2) is 4.98 Å². The predicted molar refractivity (Wildman–Crippen MR) is 160 cm³/mol. The number of rotatable bonds is 6. The topological polar surface area (TPSA) is 58.3 Å². The van der Waals surface area contributed by atoms with E-state index in [9.17, 15) is 4.79 Å². The summed E-state index contributed by atoms with van der Waals surface area (Å²) in [6.07, 6.45) is 3.74. The van der Waals surface area contributed by atoms with Gasteiger partial charge in [0.25, 0.3) is 5.56 Å². The minimum atomic E-state index is -0.663. The first-order chi connectivity index (χ1) is 20.2. The third-order valence-electron chi connectivity index (χ3n) is 8.00. The van der Waals surface area contributed by atoms with Crippen LogP contribution in [0.2, 0.25) is 0 Å². The summed E-state index contributed by atoms with van der Waals surface area (Å²) >= 11 is 0. The second-order valence-corrected chi connectivity index (χ2v) is 10.3. The predicted octanol–water partition coefficient (Wildman–Crippen LogP) is 6.17. The molecule has 0 atom stereocenters. The van der Waals surface area contributed by atoms with Crippen LogP contribution >= 0.6 is 0 Å². The fraction of sp³-hybridized carbons (Fsp3) is 0.143. The van der Waals surface area contributed by atoms with Crippen molar-refractivity contribution in [3.63, 3.8) is 0 Å². The van der Waals surface area contributed by atoms with Gasteiger partial charge in [0, 0.05) is 11.9 Å². The van der Waals surface area contributed by atoms with Crippen LogP contribution < -0.4 is 15.0 Å². The van der Waals surface area contributed by atoms with Crippen molar-refractivity contribution in [2.24, 2.45) is 0 Å². The van der Waals surface area contributed by atoms with Gasteiger partial charge >= 0.3 is 0 Å². The largest absolute Gasteiger partial charge is 0.486 e.